The van der Waals surface area contributed by atoms with Gasteiger partial charge in [0, 0.05) is 16.8 Å². The minimum absolute atomic E-state index is 0.0263. The number of benzene rings is 2. The van der Waals surface area contributed by atoms with Crippen LogP contribution in [0.3, 0.4) is 0 Å². The molecule has 31 heavy (non-hydrogen) atoms. The average molecular weight is 413 g/mol. The Kier molecular flexibility index (Phi) is 6.22. The molecule has 0 saturated heterocycles. The Bertz CT molecular complexity index is 1180. The summed E-state index contributed by atoms with van der Waals surface area (Å²) in [4.78, 5) is 48.5. The van der Waals surface area contributed by atoms with Gasteiger partial charge in [0.15, 0.2) is 11.6 Å². The fourth-order valence-corrected chi connectivity index (χ4v) is 2.92. The molecule has 1 heterocycles. The molecule has 0 saturated carbocycles. The molecule has 7 nitrogen and oxygen atoms in total. The lowest BCUT2D eigenvalue weighted by Crippen LogP contribution is -2.41. The predicted octanol–water partition coefficient (Wildman–Crippen LogP) is 2.32. The van der Waals surface area contributed by atoms with Gasteiger partial charge in [-0.25, -0.2) is 5.43 Å². The van der Waals surface area contributed by atoms with Gasteiger partial charge in [-0.05, 0) is 49.8 Å². The van der Waals surface area contributed by atoms with Gasteiger partial charge in [-0.2, -0.15) is 5.10 Å². The fourth-order valence-electron chi connectivity index (χ4n) is 2.92. The summed E-state index contributed by atoms with van der Waals surface area (Å²) in [7, 11) is 0. The molecular weight excluding hydrogens is 394 g/mol. The van der Waals surface area contributed by atoms with Gasteiger partial charge in [0.1, 0.15) is 11.6 Å². The Morgan fingerprint density at radius 2 is 1.87 bits per heavy atom. The second kappa shape index (κ2) is 9.01. The molecule has 2 N–H and O–H groups in total. The van der Waals surface area contributed by atoms with Crippen LogP contribution in [0.5, 0.6) is 0 Å². The standard InChI is InChI=1S/C24H19N3O4/c1-4-16-6-5-7-17(12-16)13-20(15(3)28)24(31)25-19-10-8-18(9-11-19)21-22(29)14(2)23(30)27-26-21/h1,5-14H,2-3H3,(H,25,31)(H,27,30). The lowest BCUT2D eigenvalue weighted by Gasteiger charge is -2.17. The molecule has 1 aliphatic rings. The number of carbonyl (C=O) groups excluding carboxylic acids is 4. The highest BCUT2D eigenvalue weighted by Crippen LogP contribution is 2.17. The van der Waals surface area contributed by atoms with Crippen molar-refractivity contribution in [2.24, 2.45) is 11.0 Å². The van der Waals surface area contributed by atoms with Gasteiger partial charge < -0.3 is 5.32 Å². The summed E-state index contributed by atoms with van der Waals surface area (Å²) < 4.78 is 0. The van der Waals surface area contributed by atoms with Crippen molar-refractivity contribution in [2.75, 3.05) is 5.32 Å². The van der Waals surface area contributed by atoms with E-state index in [1.807, 2.05) is 0 Å². The summed E-state index contributed by atoms with van der Waals surface area (Å²) in [6.07, 6.45) is 6.87. The number of rotatable bonds is 5. The SMILES string of the molecule is C#Cc1cccc(C=C(C(C)=O)C(=O)Nc2ccc(C3=NNC(=O)C(C)C3=O)cc2)c1. The Morgan fingerprint density at radius 1 is 1.16 bits per heavy atom. The Morgan fingerprint density at radius 3 is 2.52 bits per heavy atom. The number of anilines is 1. The number of hydrogen-bond donors (Lipinski definition) is 2. The van der Waals surface area contributed by atoms with Crippen molar-refractivity contribution in [2.45, 2.75) is 13.8 Å². The van der Waals surface area contributed by atoms with Gasteiger partial charge in [-0.15, -0.1) is 6.42 Å². The third-order valence-electron chi connectivity index (χ3n) is 4.70. The van der Waals surface area contributed by atoms with E-state index in [0.717, 1.165) is 0 Å². The van der Waals surface area contributed by atoms with E-state index in [1.54, 1.807) is 48.5 Å². The van der Waals surface area contributed by atoms with Gasteiger partial charge in [0.25, 0.3) is 11.8 Å². The maximum absolute atomic E-state index is 12.7. The normalized spacial score (nSPS) is 16.1. The number of ketones is 2. The first kappa shape index (κ1) is 21.4. The highest BCUT2D eigenvalue weighted by atomic mass is 16.2. The zero-order chi connectivity index (χ0) is 22.5. The van der Waals surface area contributed by atoms with Gasteiger partial charge in [-0.3, -0.25) is 19.2 Å². The lowest BCUT2D eigenvalue weighted by atomic mass is 9.95. The second-order valence-corrected chi connectivity index (χ2v) is 6.94. The van der Waals surface area contributed by atoms with Crippen molar-refractivity contribution in [3.63, 3.8) is 0 Å². The summed E-state index contributed by atoms with van der Waals surface area (Å²) in [6, 6.07) is 13.3. The van der Waals surface area contributed by atoms with Crippen LogP contribution >= 0.6 is 0 Å². The number of terminal acetylenes is 1. The Balaban J connectivity index is 1.79. The van der Waals surface area contributed by atoms with E-state index < -0.39 is 23.5 Å². The molecule has 2 amide bonds. The van der Waals surface area contributed by atoms with Crippen LogP contribution in [0.25, 0.3) is 6.08 Å². The molecule has 154 valence electrons. The quantitative estimate of drug-likeness (QED) is 0.340. The van der Waals surface area contributed by atoms with Crippen LogP contribution in [0.1, 0.15) is 30.5 Å². The van der Waals surface area contributed by atoms with Crippen molar-refractivity contribution < 1.29 is 19.2 Å². The van der Waals surface area contributed by atoms with Crippen LogP contribution in [0.2, 0.25) is 0 Å². The van der Waals surface area contributed by atoms with Gasteiger partial charge in [0.05, 0.1) is 5.57 Å². The number of hydrazone groups is 1. The van der Waals surface area contributed by atoms with Gasteiger partial charge >= 0.3 is 0 Å². The monoisotopic (exact) mass is 413 g/mol. The predicted molar refractivity (Wildman–Crippen MR) is 117 cm³/mol. The zero-order valence-electron chi connectivity index (χ0n) is 16.9. The zero-order valence-corrected chi connectivity index (χ0v) is 16.9. The highest BCUT2D eigenvalue weighted by Gasteiger charge is 2.30. The minimum Gasteiger partial charge on any atom is -0.322 e. The molecular formula is C24H19N3O4. The van der Waals surface area contributed by atoms with E-state index in [9.17, 15) is 19.2 Å². The van der Waals surface area contributed by atoms with E-state index in [-0.39, 0.29) is 17.1 Å². The van der Waals surface area contributed by atoms with Crippen molar-refractivity contribution in [1.82, 2.24) is 5.43 Å². The maximum atomic E-state index is 12.7. The number of hydrogen-bond acceptors (Lipinski definition) is 5. The highest BCUT2D eigenvalue weighted by molar-refractivity contribution is 6.50. The van der Waals surface area contributed by atoms with Crippen molar-refractivity contribution in [3.8, 4) is 12.3 Å². The van der Waals surface area contributed by atoms with Crippen molar-refractivity contribution >= 4 is 40.9 Å². The van der Waals surface area contributed by atoms with Crippen molar-refractivity contribution in [3.05, 3.63) is 70.8 Å². The number of amides is 2. The van der Waals surface area contributed by atoms with Crippen LogP contribution < -0.4 is 10.7 Å². The lowest BCUT2D eigenvalue weighted by molar-refractivity contribution is -0.131. The Labute approximate surface area is 179 Å². The molecule has 0 radical (unpaired) electrons. The largest absolute Gasteiger partial charge is 0.322 e. The van der Waals surface area contributed by atoms with E-state index in [4.69, 9.17) is 6.42 Å². The summed E-state index contributed by atoms with van der Waals surface area (Å²) >= 11 is 0. The molecule has 3 rings (SSSR count). The molecule has 2 aromatic carbocycles. The van der Waals surface area contributed by atoms with E-state index in [0.29, 0.717) is 22.4 Å². The molecule has 1 unspecified atom stereocenters. The third-order valence-corrected chi connectivity index (χ3v) is 4.70. The first-order valence-electron chi connectivity index (χ1n) is 9.43. The Hall–Kier alpha value is -4.31. The van der Waals surface area contributed by atoms with E-state index >= 15 is 0 Å². The molecule has 7 heteroatoms. The number of carbonyl (C=O) groups is 4. The maximum Gasteiger partial charge on any atom is 0.259 e. The molecule has 0 bridgehead atoms. The van der Waals surface area contributed by atoms with Crippen LogP contribution in [0.4, 0.5) is 5.69 Å². The smallest absolute Gasteiger partial charge is 0.259 e. The summed E-state index contributed by atoms with van der Waals surface area (Å²) in [5.41, 5.74) is 4.64. The minimum atomic E-state index is -0.817. The summed E-state index contributed by atoms with van der Waals surface area (Å²) in [5, 5.41) is 6.49. The molecule has 0 aliphatic carbocycles. The van der Waals surface area contributed by atoms with Crippen molar-refractivity contribution in [1.29, 1.82) is 0 Å². The van der Waals surface area contributed by atoms with Crippen LogP contribution in [-0.2, 0) is 19.2 Å². The number of nitrogens with zero attached hydrogens (tertiary/aromatic N) is 1. The molecule has 0 spiro atoms. The van der Waals surface area contributed by atoms with E-state index in [2.05, 4.69) is 21.8 Å². The molecule has 1 atom stereocenters. The fraction of sp³-hybridized carbons (Fsp3) is 0.125. The molecule has 2 aromatic rings. The molecule has 0 aromatic heterocycles. The molecule has 0 fully saturated rings. The summed E-state index contributed by atoms with van der Waals surface area (Å²) in [6.45, 7) is 2.82. The van der Waals surface area contributed by atoms with Gasteiger partial charge in [0.2, 0.25) is 0 Å². The van der Waals surface area contributed by atoms with Crippen LogP contribution in [-0.4, -0.2) is 29.1 Å². The first-order valence-corrected chi connectivity index (χ1v) is 9.43. The topological polar surface area (TPSA) is 105 Å². The average Bonchev–Trinajstić information content (AvgIpc) is 2.76. The number of Topliss-reactive ketones (excluding diaryl/α,β-unsaturated/α-hetero) is 2. The second-order valence-electron chi connectivity index (χ2n) is 6.94. The first-order chi connectivity index (χ1) is 14.8. The number of nitrogens with one attached hydrogen (secondary N) is 2. The van der Waals surface area contributed by atoms with Gasteiger partial charge in [-0.1, -0.05) is 30.2 Å². The summed E-state index contributed by atoms with van der Waals surface area (Å²) in [5.74, 6) is -0.104. The molecule has 1 aliphatic heterocycles. The third kappa shape index (κ3) is 4.82. The van der Waals surface area contributed by atoms with Crippen LogP contribution in [0, 0.1) is 18.3 Å². The van der Waals surface area contributed by atoms with Crippen LogP contribution in [0.15, 0.2) is 59.2 Å². The van der Waals surface area contributed by atoms with E-state index in [1.165, 1.54) is 19.9 Å².